The van der Waals surface area contributed by atoms with Gasteiger partial charge in [0, 0.05) is 16.8 Å². The van der Waals surface area contributed by atoms with Gasteiger partial charge in [0.25, 0.3) is 0 Å². The quantitative estimate of drug-likeness (QED) is 0.833. The van der Waals surface area contributed by atoms with Crippen LogP contribution in [-0.2, 0) is 12.0 Å². The third-order valence-corrected chi connectivity index (χ3v) is 3.65. The van der Waals surface area contributed by atoms with Gasteiger partial charge in [-0.15, -0.1) is 11.3 Å². The van der Waals surface area contributed by atoms with Gasteiger partial charge in [-0.3, -0.25) is 0 Å². The largest absolute Gasteiger partial charge is 0.312 e. The van der Waals surface area contributed by atoms with E-state index in [0.717, 1.165) is 13.1 Å². The van der Waals surface area contributed by atoms with Gasteiger partial charge >= 0.3 is 0 Å². The molecule has 0 atom stereocenters. The van der Waals surface area contributed by atoms with E-state index in [1.54, 1.807) is 0 Å². The number of rotatable bonds is 3. The molecular formula is C11H20N2S. The van der Waals surface area contributed by atoms with Gasteiger partial charge in [-0.2, -0.15) is 0 Å². The third-order valence-electron chi connectivity index (χ3n) is 2.07. The molecule has 80 valence electrons. The Hall–Kier alpha value is -0.410. The van der Waals surface area contributed by atoms with E-state index in [1.807, 2.05) is 11.3 Å². The van der Waals surface area contributed by atoms with E-state index in [4.69, 9.17) is 0 Å². The lowest BCUT2D eigenvalue weighted by atomic mass is 9.98. The maximum atomic E-state index is 4.61. The van der Waals surface area contributed by atoms with Crippen LogP contribution in [0.3, 0.4) is 0 Å². The van der Waals surface area contributed by atoms with Crippen molar-refractivity contribution < 1.29 is 0 Å². The molecule has 0 unspecified atom stereocenters. The average molecular weight is 212 g/mol. The van der Waals surface area contributed by atoms with Gasteiger partial charge < -0.3 is 5.32 Å². The fraction of sp³-hybridized carbons (Fsp3) is 0.727. The molecule has 1 aromatic heterocycles. The molecule has 3 heteroatoms. The first-order valence-electron chi connectivity index (χ1n) is 5.12. The molecule has 0 radical (unpaired) electrons. The van der Waals surface area contributed by atoms with Crippen molar-refractivity contribution in [3.05, 3.63) is 15.6 Å². The molecule has 1 N–H and O–H groups in total. The third kappa shape index (κ3) is 2.79. The van der Waals surface area contributed by atoms with Crippen LogP contribution in [0.15, 0.2) is 0 Å². The summed E-state index contributed by atoms with van der Waals surface area (Å²) < 4.78 is 0. The van der Waals surface area contributed by atoms with Crippen LogP contribution in [0, 0.1) is 6.92 Å². The SMILES string of the molecule is CCNCc1sc(C(C)(C)C)nc1C. The average Bonchev–Trinajstić information content (AvgIpc) is 2.43. The molecule has 0 aliphatic rings. The molecule has 0 aliphatic carbocycles. The molecule has 14 heavy (non-hydrogen) atoms. The predicted molar refractivity (Wildman–Crippen MR) is 62.9 cm³/mol. The second kappa shape index (κ2) is 4.41. The molecule has 0 amide bonds. The molecule has 0 aliphatic heterocycles. The highest BCUT2D eigenvalue weighted by Crippen LogP contribution is 2.28. The van der Waals surface area contributed by atoms with Gasteiger partial charge in [0.2, 0.25) is 0 Å². The zero-order chi connectivity index (χ0) is 10.8. The number of aromatic nitrogens is 1. The van der Waals surface area contributed by atoms with Crippen molar-refractivity contribution in [2.24, 2.45) is 0 Å². The zero-order valence-electron chi connectivity index (χ0n) is 9.77. The summed E-state index contributed by atoms with van der Waals surface area (Å²) in [4.78, 5) is 5.99. The van der Waals surface area contributed by atoms with E-state index in [2.05, 4.69) is 44.9 Å². The number of hydrogen-bond donors (Lipinski definition) is 1. The van der Waals surface area contributed by atoms with E-state index < -0.39 is 0 Å². The van der Waals surface area contributed by atoms with Crippen molar-refractivity contribution in [3.63, 3.8) is 0 Å². The Balaban J connectivity index is 2.82. The summed E-state index contributed by atoms with van der Waals surface area (Å²) in [6.07, 6.45) is 0. The van der Waals surface area contributed by atoms with Gasteiger partial charge in [0.1, 0.15) is 0 Å². The minimum absolute atomic E-state index is 0.180. The van der Waals surface area contributed by atoms with Crippen LogP contribution in [0.5, 0.6) is 0 Å². The topological polar surface area (TPSA) is 24.9 Å². The lowest BCUT2D eigenvalue weighted by Gasteiger charge is -2.13. The van der Waals surface area contributed by atoms with Crippen LogP contribution in [-0.4, -0.2) is 11.5 Å². The number of nitrogens with one attached hydrogen (secondary N) is 1. The molecule has 1 aromatic rings. The lowest BCUT2D eigenvalue weighted by Crippen LogP contribution is -2.11. The molecular weight excluding hydrogens is 192 g/mol. The first-order valence-corrected chi connectivity index (χ1v) is 5.94. The summed E-state index contributed by atoms with van der Waals surface area (Å²) in [5.74, 6) is 0. The minimum Gasteiger partial charge on any atom is -0.312 e. The molecule has 0 fully saturated rings. The van der Waals surface area contributed by atoms with Crippen LogP contribution in [0.25, 0.3) is 0 Å². The molecule has 0 saturated heterocycles. The fourth-order valence-electron chi connectivity index (χ4n) is 1.15. The van der Waals surface area contributed by atoms with Crippen molar-refractivity contribution >= 4 is 11.3 Å². The van der Waals surface area contributed by atoms with Crippen LogP contribution in [0.4, 0.5) is 0 Å². The summed E-state index contributed by atoms with van der Waals surface area (Å²) in [6.45, 7) is 12.8. The lowest BCUT2D eigenvalue weighted by molar-refractivity contribution is 0.584. The van der Waals surface area contributed by atoms with Gasteiger partial charge in [-0.1, -0.05) is 27.7 Å². The molecule has 1 rings (SSSR count). The maximum Gasteiger partial charge on any atom is 0.0984 e. The van der Waals surface area contributed by atoms with Crippen molar-refractivity contribution in [3.8, 4) is 0 Å². The first kappa shape index (κ1) is 11.7. The van der Waals surface area contributed by atoms with E-state index in [-0.39, 0.29) is 5.41 Å². The van der Waals surface area contributed by atoms with Crippen molar-refractivity contribution in [1.82, 2.24) is 10.3 Å². The van der Waals surface area contributed by atoms with E-state index in [9.17, 15) is 0 Å². The highest BCUT2D eigenvalue weighted by Gasteiger charge is 2.19. The molecule has 2 nitrogen and oxygen atoms in total. The van der Waals surface area contributed by atoms with Crippen LogP contribution in [0.1, 0.15) is 43.3 Å². The second-order valence-electron chi connectivity index (χ2n) is 4.56. The standard InChI is InChI=1S/C11H20N2S/c1-6-12-7-9-8(2)13-10(14-9)11(3,4)5/h12H,6-7H2,1-5H3. The Morgan fingerprint density at radius 3 is 2.43 bits per heavy atom. The first-order chi connectivity index (χ1) is 6.45. The molecule has 1 heterocycles. The normalized spacial score (nSPS) is 12.1. The Labute approximate surface area is 90.8 Å². The Kier molecular flexibility index (Phi) is 3.67. The maximum absolute atomic E-state index is 4.61. The van der Waals surface area contributed by atoms with E-state index in [0.29, 0.717) is 0 Å². The zero-order valence-corrected chi connectivity index (χ0v) is 10.6. The number of nitrogens with zero attached hydrogens (tertiary/aromatic N) is 1. The Bertz CT molecular complexity index is 297. The molecule has 0 aromatic carbocycles. The van der Waals surface area contributed by atoms with Crippen LogP contribution < -0.4 is 5.32 Å². The predicted octanol–water partition coefficient (Wildman–Crippen LogP) is 2.86. The fourth-order valence-corrected chi connectivity index (χ4v) is 2.24. The van der Waals surface area contributed by atoms with E-state index >= 15 is 0 Å². The number of thiazole rings is 1. The monoisotopic (exact) mass is 212 g/mol. The molecule has 0 bridgehead atoms. The van der Waals surface area contributed by atoms with Gasteiger partial charge in [0.05, 0.1) is 10.7 Å². The highest BCUT2D eigenvalue weighted by molar-refractivity contribution is 7.11. The Morgan fingerprint density at radius 2 is 2.00 bits per heavy atom. The van der Waals surface area contributed by atoms with Crippen LogP contribution >= 0.6 is 11.3 Å². The van der Waals surface area contributed by atoms with Gasteiger partial charge in [0.15, 0.2) is 0 Å². The second-order valence-corrected chi connectivity index (χ2v) is 5.64. The summed E-state index contributed by atoms with van der Waals surface area (Å²) >= 11 is 1.83. The van der Waals surface area contributed by atoms with Gasteiger partial charge in [-0.05, 0) is 13.5 Å². The summed E-state index contributed by atoms with van der Waals surface area (Å²) in [5.41, 5.74) is 1.36. The summed E-state index contributed by atoms with van der Waals surface area (Å²) in [5, 5.41) is 4.58. The van der Waals surface area contributed by atoms with Gasteiger partial charge in [-0.25, -0.2) is 4.98 Å². The highest BCUT2D eigenvalue weighted by atomic mass is 32.1. The molecule has 0 spiro atoms. The summed E-state index contributed by atoms with van der Waals surface area (Å²) in [6, 6.07) is 0. The van der Waals surface area contributed by atoms with Crippen LogP contribution in [0.2, 0.25) is 0 Å². The van der Waals surface area contributed by atoms with E-state index in [1.165, 1.54) is 15.6 Å². The van der Waals surface area contributed by atoms with Crippen molar-refractivity contribution in [1.29, 1.82) is 0 Å². The van der Waals surface area contributed by atoms with Crippen molar-refractivity contribution in [2.75, 3.05) is 6.54 Å². The number of aryl methyl sites for hydroxylation is 1. The number of hydrogen-bond acceptors (Lipinski definition) is 3. The summed E-state index contributed by atoms with van der Waals surface area (Å²) in [7, 11) is 0. The Morgan fingerprint density at radius 1 is 1.36 bits per heavy atom. The van der Waals surface area contributed by atoms with Crippen molar-refractivity contribution in [2.45, 2.75) is 46.6 Å². The molecule has 0 saturated carbocycles. The smallest absolute Gasteiger partial charge is 0.0984 e. The minimum atomic E-state index is 0.180.